The number of amides is 1. The summed E-state index contributed by atoms with van der Waals surface area (Å²) in [5.41, 5.74) is 2.19. The molecule has 2 heterocycles. The van der Waals surface area contributed by atoms with Gasteiger partial charge in [-0.1, -0.05) is 36.0 Å². The van der Waals surface area contributed by atoms with Crippen molar-refractivity contribution in [2.75, 3.05) is 12.9 Å². The van der Waals surface area contributed by atoms with Crippen LogP contribution >= 0.6 is 11.8 Å². The van der Waals surface area contributed by atoms with E-state index in [4.69, 9.17) is 4.74 Å². The maximum Gasteiger partial charge on any atom is 0.328 e. The Morgan fingerprint density at radius 3 is 2.59 bits per heavy atom. The number of ether oxygens (including phenoxy) is 1. The number of esters is 1. The molecule has 2 fully saturated rings. The molecule has 7 nitrogen and oxygen atoms in total. The summed E-state index contributed by atoms with van der Waals surface area (Å²) in [6, 6.07) is 7.87. The van der Waals surface area contributed by atoms with Crippen LogP contribution in [0.5, 0.6) is 0 Å². The van der Waals surface area contributed by atoms with Gasteiger partial charge in [0.15, 0.2) is 5.16 Å². The standard InChI is InChI=1S/C21H24N4O3S/c1-28-20(27)17-10-14-4-2-3-5-15(14)11-24(17)18(26)12-29-21-23-22-19(13-6-7-13)25(21)16-8-9-16/h2-5,13,16-17H,6-12H2,1H3/t17-/m0/s1. The lowest BCUT2D eigenvalue weighted by atomic mass is 9.94. The molecule has 5 rings (SSSR count). The number of methoxy groups -OCH3 is 1. The fraction of sp³-hybridized carbons (Fsp3) is 0.524. The van der Waals surface area contributed by atoms with Crippen LogP contribution in [0.4, 0.5) is 0 Å². The first-order valence-corrected chi connectivity index (χ1v) is 11.2. The van der Waals surface area contributed by atoms with E-state index in [9.17, 15) is 9.59 Å². The lowest BCUT2D eigenvalue weighted by molar-refractivity contribution is -0.153. The molecule has 0 N–H and O–H groups in total. The number of nitrogens with zero attached hydrogens (tertiary/aromatic N) is 4. The van der Waals surface area contributed by atoms with Gasteiger partial charge in [-0.3, -0.25) is 4.79 Å². The van der Waals surface area contributed by atoms with Crippen LogP contribution in [-0.4, -0.2) is 50.4 Å². The van der Waals surface area contributed by atoms with E-state index in [2.05, 4.69) is 14.8 Å². The van der Waals surface area contributed by atoms with Crippen LogP contribution in [0.3, 0.4) is 0 Å². The Kier molecular flexibility index (Phi) is 4.81. The Morgan fingerprint density at radius 1 is 1.14 bits per heavy atom. The van der Waals surface area contributed by atoms with Crippen LogP contribution in [-0.2, 0) is 27.3 Å². The van der Waals surface area contributed by atoms with Crippen LogP contribution in [0.15, 0.2) is 29.4 Å². The molecule has 2 aliphatic carbocycles. The van der Waals surface area contributed by atoms with Gasteiger partial charge in [0.05, 0.1) is 12.9 Å². The summed E-state index contributed by atoms with van der Waals surface area (Å²) in [5, 5.41) is 9.61. The second-order valence-corrected chi connectivity index (χ2v) is 8.98. The molecule has 8 heteroatoms. The van der Waals surface area contributed by atoms with Crippen LogP contribution in [0, 0.1) is 0 Å². The zero-order chi connectivity index (χ0) is 20.0. The zero-order valence-electron chi connectivity index (χ0n) is 16.4. The van der Waals surface area contributed by atoms with Crippen molar-refractivity contribution in [3.05, 3.63) is 41.2 Å². The minimum atomic E-state index is -0.577. The van der Waals surface area contributed by atoms with Gasteiger partial charge in [0.2, 0.25) is 5.91 Å². The van der Waals surface area contributed by atoms with Crippen molar-refractivity contribution in [2.24, 2.45) is 0 Å². The first kappa shape index (κ1) is 18.7. The quantitative estimate of drug-likeness (QED) is 0.536. The number of carbonyl (C=O) groups is 2. The molecule has 1 aromatic carbocycles. The maximum absolute atomic E-state index is 13.1. The monoisotopic (exact) mass is 412 g/mol. The highest BCUT2D eigenvalue weighted by Gasteiger charge is 2.38. The first-order valence-electron chi connectivity index (χ1n) is 10.2. The van der Waals surface area contributed by atoms with E-state index in [-0.39, 0.29) is 17.6 Å². The van der Waals surface area contributed by atoms with E-state index >= 15 is 0 Å². The Hall–Kier alpha value is -2.35. The topological polar surface area (TPSA) is 77.3 Å². The van der Waals surface area contributed by atoms with E-state index < -0.39 is 6.04 Å². The summed E-state index contributed by atoms with van der Waals surface area (Å²) in [4.78, 5) is 27.1. The van der Waals surface area contributed by atoms with Gasteiger partial charge < -0.3 is 14.2 Å². The summed E-state index contributed by atoms with van der Waals surface area (Å²) >= 11 is 1.43. The van der Waals surface area contributed by atoms with Crippen LogP contribution in [0.1, 0.15) is 54.6 Å². The zero-order valence-corrected chi connectivity index (χ0v) is 17.2. The number of aromatic nitrogens is 3. The van der Waals surface area contributed by atoms with Crippen molar-refractivity contribution in [1.82, 2.24) is 19.7 Å². The molecular weight excluding hydrogens is 388 g/mol. The van der Waals surface area contributed by atoms with Crippen molar-refractivity contribution >= 4 is 23.6 Å². The summed E-state index contributed by atoms with van der Waals surface area (Å²) in [6.45, 7) is 0.429. The third-order valence-corrected chi connectivity index (χ3v) is 6.84. The van der Waals surface area contributed by atoms with Crippen molar-refractivity contribution in [3.8, 4) is 0 Å². The fourth-order valence-corrected chi connectivity index (χ4v) is 4.92. The second kappa shape index (κ2) is 7.48. The van der Waals surface area contributed by atoms with Crippen molar-refractivity contribution < 1.29 is 14.3 Å². The third kappa shape index (κ3) is 3.66. The SMILES string of the molecule is COC(=O)[C@@H]1Cc2ccccc2CN1C(=O)CSc1nnc(C2CC2)n1C1CC1. The van der Waals surface area contributed by atoms with Crippen molar-refractivity contribution in [1.29, 1.82) is 0 Å². The molecule has 0 spiro atoms. The molecule has 0 saturated heterocycles. The molecule has 0 unspecified atom stereocenters. The Balaban J connectivity index is 1.33. The molecule has 152 valence electrons. The number of thioether (sulfide) groups is 1. The van der Waals surface area contributed by atoms with E-state index in [1.165, 1.54) is 31.7 Å². The summed E-state index contributed by atoms with van der Waals surface area (Å²) in [6.07, 6.45) is 5.17. The van der Waals surface area contributed by atoms with Crippen LogP contribution < -0.4 is 0 Å². The molecule has 29 heavy (non-hydrogen) atoms. The smallest absolute Gasteiger partial charge is 0.328 e. The predicted octanol–water partition coefficient (Wildman–Crippen LogP) is 2.71. The Morgan fingerprint density at radius 2 is 1.90 bits per heavy atom. The number of rotatable bonds is 6. The van der Waals surface area contributed by atoms with E-state index in [1.807, 2.05) is 24.3 Å². The second-order valence-electron chi connectivity index (χ2n) is 8.04. The average molecular weight is 413 g/mol. The third-order valence-electron chi connectivity index (χ3n) is 5.91. The van der Waals surface area contributed by atoms with Crippen LogP contribution in [0.2, 0.25) is 0 Å². The van der Waals surface area contributed by atoms with Gasteiger partial charge in [-0.15, -0.1) is 10.2 Å². The highest BCUT2D eigenvalue weighted by molar-refractivity contribution is 7.99. The van der Waals surface area contributed by atoms with Crippen molar-refractivity contribution in [3.63, 3.8) is 0 Å². The number of hydrogen-bond acceptors (Lipinski definition) is 6. The fourth-order valence-electron chi connectivity index (χ4n) is 4.02. The first-order chi connectivity index (χ1) is 14.2. The van der Waals surface area contributed by atoms with Gasteiger partial charge in [-0.05, 0) is 36.8 Å². The summed E-state index contributed by atoms with van der Waals surface area (Å²) in [5.74, 6) is 1.43. The summed E-state index contributed by atoms with van der Waals surface area (Å²) in [7, 11) is 1.37. The molecule has 3 aliphatic rings. The molecule has 1 atom stereocenters. The molecule has 0 radical (unpaired) electrons. The Labute approximate surface area is 173 Å². The predicted molar refractivity (Wildman–Crippen MR) is 107 cm³/mol. The highest BCUT2D eigenvalue weighted by atomic mass is 32.2. The minimum absolute atomic E-state index is 0.0711. The van der Waals surface area contributed by atoms with E-state index in [1.54, 1.807) is 4.90 Å². The van der Waals surface area contributed by atoms with Gasteiger partial charge in [0, 0.05) is 24.9 Å². The minimum Gasteiger partial charge on any atom is -0.467 e. The molecule has 1 aliphatic heterocycles. The van der Waals surface area contributed by atoms with Crippen molar-refractivity contribution in [2.45, 2.75) is 61.8 Å². The molecule has 2 aromatic rings. The molecule has 1 aromatic heterocycles. The normalized spacial score (nSPS) is 21.0. The average Bonchev–Trinajstić information content (AvgIpc) is 3.69. The Bertz CT molecular complexity index is 951. The molecule has 0 bridgehead atoms. The van der Waals surface area contributed by atoms with E-state index in [0.29, 0.717) is 24.9 Å². The molecule has 1 amide bonds. The lowest BCUT2D eigenvalue weighted by Crippen LogP contribution is -2.49. The number of benzene rings is 1. The number of hydrogen-bond donors (Lipinski definition) is 0. The van der Waals surface area contributed by atoms with Gasteiger partial charge in [0.25, 0.3) is 0 Å². The van der Waals surface area contributed by atoms with Gasteiger partial charge >= 0.3 is 5.97 Å². The van der Waals surface area contributed by atoms with E-state index in [0.717, 1.165) is 34.9 Å². The maximum atomic E-state index is 13.1. The molecule has 2 saturated carbocycles. The number of carbonyl (C=O) groups excluding carboxylic acids is 2. The van der Waals surface area contributed by atoms with Gasteiger partial charge in [0.1, 0.15) is 11.9 Å². The van der Waals surface area contributed by atoms with Crippen LogP contribution in [0.25, 0.3) is 0 Å². The van der Waals surface area contributed by atoms with Gasteiger partial charge in [-0.2, -0.15) is 0 Å². The van der Waals surface area contributed by atoms with Gasteiger partial charge in [-0.25, -0.2) is 4.79 Å². The lowest BCUT2D eigenvalue weighted by Gasteiger charge is -2.35. The largest absolute Gasteiger partial charge is 0.467 e. The number of fused-ring (bicyclic) bond motifs is 1. The highest BCUT2D eigenvalue weighted by Crippen LogP contribution is 2.46. The molecular formula is C21H24N4O3S. The summed E-state index contributed by atoms with van der Waals surface area (Å²) < 4.78 is 7.23.